The van der Waals surface area contributed by atoms with Crippen LogP contribution < -0.4 is 16.0 Å². The number of hydrogen-bond donors (Lipinski definition) is 2. The third kappa shape index (κ3) is 3.29. The fraction of sp³-hybridized carbons (Fsp3) is 0.143. The van der Waals surface area contributed by atoms with Crippen molar-refractivity contribution in [1.29, 1.82) is 0 Å². The van der Waals surface area contributed by atoms with E-state index in [4.69, 9.17) is 10.6 Å². The van der Waals surface area contributed by atoms with Gasteiger partial charge in [-0.3, -0.25) is 11.3 Å². The van der Waals surface area contributed by atoms with Gasteiger partial charge in [-0.2, -0.15) is 0 Å². The highest BCUT2D eigenvalue weighted by atomic mass is 19.1. The van der Waals surface area contributed by atoms with Crippen LogP contribution in [0.2, 0.25) is 0 Å². The van der Waals surface area contributed by atoms with Crippen molar-refractivity contribution in [2.24, 2.45) is 5.84 Å². The summed E-state index contributed by atoms with van der Waals surface area (Å²) in [6.45, 7) is 0.732. The lowest BCUT2D eigenvalue weighted by Gasteiger charge is -2.09. The molecule has 94 valence electrons. The Labute approximate surface area is 105 Å². The molecule has 0 radical (unpaired) electrons. The fourth-order valence-electron chi connectivity index (χ4n) is 1.63. The molecule has 0 fully saturated rings. The molecule has 2 aromatic rings. The summed E-state index contributed by atoms with van der Waals surface area (Å²) in [6, 6.07) is 14.5. The number of hydrazine groups is 1. The van der Waals surface area contributed by atoms with Gasteiger partial charge in [-0.05, 0) is 23.8 Å². The number of ether oxygens (including phenoxy) is 1. The van der Waals surface area contributed by atoms with Crippen molar-refractivity contribution in [2.75, 3.05) is 0 Å². The van der Waals surface area contributed by atoms with E-state index in [0.29, 0.717) is 17.9 Å². The minimum Gasteiger partial charge on any atom is -0.489 e. The van der Waals surface area contributed by atoms with E-state index in [2.05, 4.69) is 5.43 Å². The standard InChI is InChI=1S/C14H15FN2O/c15-14-7-6-13(8-12(14)9-17-16)18-10-11-4-2-1-3-5-11/h1-8,17H,9-10,16H2. The normalized spacial score (nSPS) is 10.3. The van der Waals surface area contributed by atoms with Gasteiger partial charge in [0, 0.05) is 12.1 Å². The molecule has 0 aliphatic carbocycles. The average molecular weight is 246 g/mol. The zero-order chi connectivity index (χ0) is 12.8. The van der Waals surface area contributed by atoms with Gasteiger partial charge in [0.15, 0.2) is 0 Å². The van der Waals surface area contributed by atoms with Crippen molar-refractivity contribution < 1.29 is 9.13 Å². The molecule has 0 aromatic heterocycles. The molecule has 2 aromatic carbocycles. The van der Waals surface area contributed by atoms with Crippen LogP contribution in [0.4, 0.5) is 4.39 Å². The summed E-state index contributed by atoms with van der Waals surface area (Å²) in [4.78, 5) is 0. The number of halogens is 1. The molecule has 0 saturated carbocycles. The zero-order valence-electron chi connectivity index (χ0n) is 9.90. The van der Waals surface area contributed by atoms with Gasteiger partial charge in [0.05, 0.1) is 0 Å². The Morgan fingerprint density at radius 1 is 1.11 bits per heavy atom. The predicted octanol–water partition coefficient (Wildman–Crippen LogP) is 2.37. The van der Waals surface area contributed by atoms with Crippen molar-refractivity contribution in [3.8, 4) is 5.75 Å². The van der Waals surface area contributed by atoms with Crippen molar-refractivity contribution in [3.63, 3.8) is 0 Å². The van der Waals surface area contributed by atoms with E-state index in [1.54, 1.807) is 12.1 Å². The smallest absolute Gasteiger partial charge is 0.128 e. The SMILES string of the molecule is NNCc1cc(OCc2ccccc2)ccc1F. The molecule has 0 aliphatic rings. The van der Waals surface area contributed by atoms with Gasteiger partial charge >= 0.3 is 0 Å². The summed E-state index contributed by atoms with van der Waals surface area (Å²) in [6.07, 6.45) is 0. The van der Waals surface area contributed by atoms with Gasteiger partial charge in [-0.25, -0.2) is 4.39 Å². The van der Waals surface area contributed by atoms with Gasteiger partial charge in [0.2, 0.25) is 0 Å². The number of benzene rings is 2. The van der Waals surface area contributed by atoms with E-state index in [-0.39, 0.29) is 12.4 Å². The Balaban J connectivity index is 2.03. The van der Waals surface area contributed by atoms with Crippen LogP contribution in [-0.2, 0) is 13.2 Å². The summed E-state index contributed by atoms with van der Waals surface area (Å²) in [5, 5.41) is 0. The average Bonchev–Trinajstić information content (AvgIpc) is 2.41. The van der Waals surface area contributed by atoms with Crippen molar-refractivity contribution in [1.82, 2.24) is 5.43 Å². The maximum Gasteiger partial charge on any atom is 0.128 e. The van der Waals surface area contributed by atoms with Crippen LogP contribution in [0.5, 0.6) is 5.75 Å². The molecule has 0 aliphatic heterocycles. The third-order valence-corrected chi connectivity index (χ3v) is 2.56. The van der Waals surface area contributed by atoms with Crippen LogP contribution in [0.1, 0.15) is 11.1 Å². The van der Waals surface area contributed by atoms with Crippen LogP contribution in [0.15, 0.2) is 48.5 Å². The fourth-order valence-corrected chi connectivity index (χ4v) is 1.63. The first-order valence-corrected chi connectivity index (χ1v) is 5.68. The summed E-state index contributed by atoms with van der Waals surface area (Å²) < 4.78 is 19.0. The Morgan fingerprint density at radius 3 is 2.61 bits per heavy atom. The lowest BCUT2D eigenvalue weighted by atomic mass is 10.2. The molecule has 0 heterocycles. The van der Waals surface area contributed by atoms with Gasteiger partial charge in [-0.15, -0.1) is 0 Å². The van der Waals surface area contributed by atoms with Gasteiger partial charge in [-0.1, -0.05) is 30.3 Å². The summed E-state index contributed by atoms with van der Waals surface area (Å²) >= 11 is 0. The maximum atomic E-state index is 13.4. The van der Waals surface area contributed by atoms with Crippen LogP contribution in [-0.4, -0.2) is 0 Å². The van der Waals surface area contributed by atoms with Crippen LogP contribution in [0.3, 0.4) is 0 Å². The molecule has 0 saturated heterocycles. The number of nitrogens with one attached hydrogen (secondary N) is 1. The number of rotatable bonds is 5. The molecule has 0 unspecified atom stereocenters. The molecule has 0 atom stereocenters. The van der Waals surface area contributed by atoms with E-state index in [9.17, 15) is 4.39 Å². The van der Waals surface area contributed by atoms with Crippen LogP contribution in [0.25, 0.3) is 0 Å². The highest BCUT2D eigenvalue weighted by Gasteiger charge is 2.03. The molecule has 0 spiro atoms. The predicted molar refractivity (Wildman–Crippen MR) is 68.2 cm³/mol. The van der Waals surface area contributed by atoms with E-state index in [0.717, 1.165) is 5.56 Å². The second-order valence-corrected chi connectivity index (χ2v) is 3.91. The van der Waals surface area contributed by atoms with Crippen molar-refractivity contribution >= 4 is 0 Å². The van der Waals surface area contributed by atoms with Crippen molar-refractivity contribution in [2.45, 2.75) is 13.2 Å². The maximum absolute atomic E-state index is 13.4. The molecule has 3 N–H and O–H groups in total. The van der Waals surface area contributed by atoms with Crippen molar-refractivity contribution in [3.05, 3.63) is 65.5 Å². The first kappa shape index (κ1) is 12.5. The molecule has 18 heavy (non-hydrogen) atoms. The Bertz CT molecular complexity index is 502. The second kappa shape index (κ2) is 6.14. The third-order valence-electron chi connectivity index (χ3n) is 2.56. The van der Waals surface area contributed by atoms with Gasteiger partial charge < -0.3 is 4.74 Å². The Morgan fingerprint density at radius 2 is 1.89 bits per heavy atom. The van der Waals surface area contributed by atoms with E-state index >= 15 is 0 Å². The Hall–Kier alpha value is -1.91. The quantitative estimate of drug-likeness (QED) is 0.629. The first-order valence-electron chi connectivity index (χ1n) is 5.68. The summed E-state index contributed by atoms with van der Waals surface area (Å²) in [7, 11) is 0. The highest BCUT2D eigenvalue weighted by Crippen LogP contribution is 2.18. The minimum absolute atomic E-state index is 0.272. The molecule has 4 heteroatoms. The highest BCUT2D eigenvalue weighted by molar-refractivity contribution is 5.30. The lowest BCUT2D eigenvalue weighted by molar-refractivity contribution is 0.305. The van der Waals surface area contributed by atoms with Crippen LogP contribution in [0, 0.1) is 5.82 Å². The van der Waals surface area contributed by atoms with Gasteiger partial charge in [0.25, 0.3) is 0 Å². The Kier molecular flexibility index (Phi) is 4.28. The molecule has 2 rings (SSSR count). The van der Waals surface area contributed by atoms with Gasteiger partial charge in [0.1, 0.15) is 18.2 Å². The van der Waals surface area contributed by atoms with E-state index in [1.807, 2.05) is 30.3 Å². The molecular weight excluding hydrogens is 231 g/mol. The first-order chi connectivity index (χ1) is 8.79. The molecule has 0 bridgehead atoms. The molecule has 0 amide bonds. The monoisotopic (exact) mass is 246 g/mol. The largest absolute Gasteiger partial charge is 0.489 e. The topological polar surface area (TPSA) is 47.3 Å². The second-order valence-electron chi connectivity index (χ2n) is 3.91. The van der Waals surface area contributed by atoms with E-state index < -0.39 is 0 Å². The molecular formula is C14H15FN2O. The lowest BCUT2D eigenvalue weighted by Crippen LogP contribution is -2.21. The number of nitrogens with two attached hydrogens (primary N) is 1. The minimum atomic E-state index is -0.292. The van der Waals surface area contributed by atoms with Crippen LogP contribution >= 0.6 is 0 Å². The molecule has 3 nitrogen and oxygen atoms in total. The zero-order valence-corrected chi connectivity index (χ0v) is 9.90. The number of hydrogen-bond acceptors (Lipinski definition) is 3. The summed E-state index contributed by atoms with van der Waals surface area (Å²) in [5.74, 6) is 5.53. The summed E-state index contributed by atoms with van der Waals surface area (Å²) in [5.41, 5.74) is 3.99. The van der Waals surface area contributed by atoms with E-state index in [1.165, 1.54) is 6.07 Å².